The Labute approximate surface area is 191 Å². The summed E-state index contributed by atoms with van der Waals surface area (Å²) in [7, 11) is -0.988. The van der Waals surface area contributed by atoms with Crippen LogP contribution in [0.3, 0.4) is 0 Å². The first-order valence-corrected chi connectivity index (χ1v) is 11.4. The Balaban J connectivity index is 1.65. The number of hydrogen-bond donors (Lipinski definition) is 1. The summed E-state index contributed by atoms with van der Waals surface area (Å²) in [5.74, 6) is -2.44. The predicted molar refractivity (Wildman–Crippen MR) is 118 cm³/mol. The molecule has 0 spiro atoms. The molecule has 1 aliphatic rings. The number of rotatable bonds is 7. The van der Waals surface area contributed by atoms with Crippen molar-refractivity contribution in [3.05, 3.63) is 59.2 Å². The molecule has 0 saturated heterocycles. The molecular weight excluding hydrogens is 450 g/mol. The molecule has 3 rings (SSSR count). The maximum Gasteiger partial charge on any atom is 0.338 e. The smallest absolute Gasteiger partial charge is 0.338 e. The standard InChI is InChI=1S/C22H23N3O7S/c1-13(2)25(4)33(30,31)16-7-5-6-14(10-16)22(29)32-12-19(26)23-15-8-9-17-18(11-15)21(28)24(3)20(17)27/h5-11,13H,12H2,1-4H3,(H,23,26). The van der Waals surface area contributed by atoms with E-state index in [1.54, 1.807) is 13.8 Å². The van der Waals surface area contributed by atoms with Crippen molar-refractivity contribution >= 4 is 39.4 Å². The second-order valence-corrected chi connectivity index (χ2v) is 9.69. The van der Waals surface area contributed by atoms with Crippen LogP contribution in [0.4, 0.5) is 5.69 Å². The zero-order chi connectivity index (χ0) is 24.5. The average Bonchev–Trinajstić information content (AvgIpc) is 3.00. The van der Waals surface area contributed by atoms with Crippen LogP contribution in [-0.4, -0.2) is 68.1 Å². The van der Waals surface area contributed by atoms with E-state index in [1.165, 1.54) is 60.9 Å². The molecule has 0 fully saturated rings. The lowest BCUT2D eigenvalue weighted by molar-refractivity contribution is -0.119. The minimum atomic E-state index is -3.79. The Hall–Kier alpha value is -3.57. The van der Waals surface area contributed by atoms with Crippen molar-refractivity contribution in [2.45, 2.75) is 24.8 Å². The van der Waals surface area contributed by atoms with E-state index < -0.39 is 40.3 Å². The van der Waals surface area contributed by atoms with Crippen molar-refractivity contribution in [1.82, 2.24) is 9.21 Å². The zero-order valence-corrected chi connectivity index (χ0v) is 19.3. The Morgan fingerprint density at radius 2 is 1.73 bits per heavy atom. The van der Waals surface area contributed by atoms with Gasteiger partial charge in [0.15, 0.2) is 6.61 Å². The Morgan fingerprint density at radius 3 is 2.39 bits per heavy atom. The Morgan fingerprint density at radius 1 is 1.06 bits per heavy atom. The summed E-state index contributed by atoms with van der Waals surface area (Å²) in [6.45, 7) is 2.81. The third-order valence-corrected chi connectivity index (χ3v) is 7.21. The van der Waals surface area contributed by atoms with E-state index in [0.717, 1.165) is 4.90 Å². The zero-order valence-electron chi connectivity index (χ0n) is 18.5. The minimum Gasteiger partial charge on any atom is -0.452 e. The number of imide groups is 1. The largest absolute Gasteiger partial charge is 0.452 e. The van der Waals surface area contributed by atoms with Gasteiger partial charge in [0.2, 0.25) is 10.0 Å². The molecule has 1 heterocycles. The molecule has 0 bridgehead atoms. The number of benzene rings is 2. The number of nitrogens with one attached hydrogen (secondary N) is 1. The highest BCUT2D eigenvalue weighted by Gasteiger charge is 2.32. The SMILES string of the molecule is CC(C)N(C)S(=O)(=O)c1cccc(C(=O)OCC(=O)Nc2ccc3c(c2)C(=O)N(C)C3=O)c1. The van der Waals surface area contributed by atoms with Crippen molar-refractivity contribution in [1.29, 1.82) is 0 Å². The van der Waals surface area contributed by atoms with Gasteiger partial charge in [-0.2, -0.15) is 4.31 Å². The van der Waals surface area contributed by atoms with Crippen molar-refractivity contribution in [3.63, 3.8) is 0 Å². The fraction of sp³-hybridized carbons (Fsp3) is 0.273. The van der Waals surface area contributed by atoms with Gasteiger partial charge >= 0.3 is 5.97 Å². The van der Waals surface area contributed by atoms with Crippen LogP contribution >= 0.6 is 0 Å². The van der Waals surface area contributed by atoms with Crippen LogP contribution in [0.2, 0.25) is 0 Å². The number of fused-ring (bicyclic) bond motifs is 1. The Bertz CT molecular complexity index is 1250. The predicted octanol–water partition coefficient (Wildman–Crippen LogP) is 1.74. The van der Waals surface area contributed by atoms with Gasteiger partial charge in [0.05, 0.1) is 21.6 Å². The normalized spacial score (nSPS) is 13.5. The van der Waals surface area contributed by atoms with Gasteiger partial charge in [-0.05, 0) is 50.2 Å². The van der Waals surface area contributed by atoms with Crippen LogP contribution < -0.4 is 5.32 Å². The topological polar surface area (TPSA) is 130 Å². The molecule has 174 valence electrons. The number of nitrogens with zero attached hydrogens (tertiary/aromatic N) is 2. The van der Waals surface area contributed by atoms with Gasteiger partial charge in [-0.1, -0.05) is 6.07 Å². The van der Waals surface area contributed by atoms with E-state index >= 15 is 0 Å². The summed E-state index contributed by atoms with van der Waals surface area (Å²) < 4.78 is 31.4. The molecule has 1 aliphatic heterocycles. The van der Waals surface area contributed by atoms with E-state index in [2.05, 4.69) is 5.32 Å². The van der Waals surface area contributed by atoms with Gasteiger partial charge in [0, 0.05) is 25.8 Å². The molecule has 10 nitrogen and oxygen atoms in total. The van der Waals surface area contributed by atoms with E-state index in [9.17, 15) is 27.6 Å². The first kappa shape index (κ1) is 24.1. The highest BCUT2D eigenvalue weighted by atomic mass is 32.2. The lowest BCUT2D eigenvalue weighted by Gasteiger charge is -2.21. The molecule has 2 aromatic carbocycles. The quantitative estimate of drug-likeness (QED) is 0.479. The van der Waals surface area contributed by atoms with Crippen LogP contribution in [-0.2, 0) is 19.6 Å². The molecular formula is C22H23N3O7S. The number of carbonyl (C=O) groups is 4. The summed E-state index contributed by atoms with van der Waals surface area (Å²) in [6, 6.07) is 9.35. The van der Waals surface area contributed by atoms with Crippen molar-refractivity contribution < 1.29 is 32.3 Å². The monoisotopic (exact) mass is 473 g/mol. The molecule has 11 heteroatoms. The maximum absolute atomic E-state index is 12.6. The first-order valence-electron chi connectivity index (χ1n) is 9.95. The van der Waals surface area contributed by atoms with E-state index in [-0.39, 0.29) is 33.3 Å². The lowest BCUT2D eigenvalue weighted by Crippen LogP contribution is -2.33. The number of carbonyl (C=O) groups excluding carboxylic acids is 4. The van der Waals surface area contributed by atoms with Crippen LogP contribution in [0.5, 0.6) is 0 Å². The van der Waals surface area contributed by atoms with E-state index in [1.807, 2.05) is 0 Å². The molecule has 0 atom stereocenters. The fourth-order valence-electron chi connectivity index (χ4n) is 3.08. The van der Waals surface area contributed by atoms with E-state index in [0.29, 0.717) is 0 Å². The molecule has 0 saturated carbocycles. The summed E-state index contributed by atoms with van der Waals surface area (Å²) >= 11 is 0. The summed E-state index contributed by atoms with van der Waals surface area (Å²) in [4.78, 5) is 49.5. The van der Waals surface area contributed by atoms with Crippen LogP contribution in [0.25, 0.3) is 0 Å². The summed E-state index contributed by atoms with van der Waals surface area (Å²) in [5.41, 5.74) is 0.647. The van der Waals surface area contributed by atoms with Crippen LogP contribution in [0.15, 0.2) is 47.4 Å². The molecule has 0 radical (unpaired) electrons. The summed E-state index contributed by atoms with van der Waals surface area (Å²) in [5, 5.41) is 2.49. The van der Waals surface area contributed by atoms with Crippen molar-refractivity contribution in [3.8, 4) is 0 Å². The molecule has 1 N–H and O–H groups in total. The third-order valence-electron chi connectivity index (χ3n) is 5.18. The highest BCUT2D eigenvalue weighted by molar-refractivity contribution is 7.89. The Kier molecular flexibility index (Phi) is 6.65. The number of ether oxygens (including phenoxy) is 1. The number of hydrogen-bond acceptors (Lipinski definition) is 7. The van der Waals surface area contributed by atoms with E-state index in [4.69, 9.17) is 4.74 Å². The summed E-state index contributed by atoms with van der Waals surface area (Å²) in [6.07, 6.45) is 0. The van der Waals surface area contributed by atoms with Crippen molar-refractivity contribution in [2.75, 3.05) is 26.0 Å². The maximum atomic E-state index is 12.6. The first-order chi connectivity index (χ1) is 15.4. The highest BCUT2D eigenvalue weighted by Crippen LogP contribution is 2.24. The number of amides is 3. The van der Waals surface area contributed by atoms with Gasteiger partial charge in [0.25, 0.3) is 17.7 Å². The van der Waals surface area contributed by atoms with Gasteiger partial charge in [0.1, 0.15) is 0 Å². The third kappa shape index (κ3) is 4.78. The molecule has 3 amide bonds. The second-order valence-electron chi connectivity index (χ2n) is 7.70. The molecule has 0 aromatic heterocycles. The number of sulfonamides is 1. The number of esters is 1. The van der Waals surface area contributed by atoms with Gasteiger partial charge in [-0.25, -0.2) is 13.2 Å². The minimum absolute atomic E-state index is 0.0225. The lowest BCUT2D eigenvalue weighted by atomic mass is 10.1. The van der Waals surface area contributed by atoms with Gasteiger partial charge in [-0.15, -0.1) is 0 Å². The molecule has 0 unspecified atom stereocenters. The van der Waals surface area contributed by atoms with Crippen molar-refractivity contribution in [2.24, 2.45) is 0 Å². The van der Waals surface area contributed by atoms with Crippen LogP contribution in [0.1, 0.15) is 44.9 Å². The van der Waals surface area contributed by atoms with Gasteiger partial charge in [-0.3, -0.25) is 19.3 Å². The second kappa shape index (κ2) is 9.12. The fourth-order valence-corrected chi connectivity index (χ4v) is 4.49. The molecule has 33 heavy (non-hydrogen) atoms. The molecule has 0 aliphatic carbocycles. The molecule has 2 aromatic rings. The van der Waals surface area contributed by atoms with Gasteiger partial charge < -0.3 is 10.1 Å². The average molecular weight is 474 g/mol. The van der Waals surface area contributed by atoms with Crippen LogP contribution in [0, 0.1) is 0 Å². The number of anilines is 1.